The van der Waals surface area contributed by atoms with Gasteiger partial charge in [0.15, 0.2) is 10.8 Å². The third-order valence-electron chi connectivity index (χ3n) is 4.39. The van der Waals surface area contributed by atoms with E-state index in [-0.39, 0.29) is 5.91 Å². The van der Waals surface area contributed by atoms with Crippen molar-refractivity contribution >= 4 is 22.4 Å². The summed E-state index contributed by atoms with van der Waals surface area (Å²) < 4.78 is 0. The number of rotatable bonds is 3. The van der Waals surface area contributed by atoms with Gasteiger partial charge in [-0.2, -0.15) is 9.90 Å². The Morgan fingerprint density at radius 1 is 1.28 bits per heavy atom. The second-order valence-corrected chi connectivity index (χ2v) is 7.53. The lowest BCUT2D eigenvalue weighted by atomic mass is 9.93. The van der Waals surface area contributed by atoms with Crippen molar-refractivity contribution in [3.05, 3.63) is 52.3 Å². The lowest BCUT2D eigenvalue weighted by Gasteiger charge is -2.15. The zero-order chi connectivity index (χ0) is 17.4. The molecule has 1 aromatic carbocycles. The predicted octanol–water partition coefficient (Wildman–Crippen LogP) is 3.41. The van der Waals surface area contributed by atoms with Crippen molar-refractivity contribution in [1.29, 1.82) is 0 Å². The van der Waals surface area contributed by atoms with Gasteiger partial charge in [-0.05, 0) is 44.2 Å². The molecule has 1 amide bonds. The van der Waals surface area contributed by atoms with Crippen molar-refractivity contribution in [2.45, 2.75) is 33.1 Å². The summed E-state index contributed by atoms with van der Waals surface area (Å²) in [5.41, 5.74) is 2.87. The number of thiazole rings is 1. The number of carbonyl (C=O) groups excluding carboxylic acids is 1. The molecule has 0 saturated carbocycles. The SMILES string of the molecule is Cc1nn(-c2ccccc2)nc1C(=O)Nc1nc2c(s1)C[C@@H](C)CC2. The van der Waals surface area contributed by atoms with E-state index in [1.54, 1.807) is 18.3 Å². The van der Waals surface area contributed by atoms with E-state index in [9.17, 15) is 4.79 Å². The molecule has 0 saturated heterocycles. The monoisotopic (exact) mass is 353 g/mol. The molecule has 25 heavy (non-hydrogen) atoms. The Morgan fingerprint density at radius 3 is 2.88 bits per heavy atom. The van der Waals surface area contributed by atoms with E-state index in [2.05, 4.69) is 27.4 Å². The molecule has 6 nitrogen and oxygen atoms in total. The number of amides is 1. The van der Waals surface area contributed by atoms with Crippen molar-refractivity contribution in [3.63, 3.8) is 0 Å². The maximum absolute atomic E-state index is 12.6. The van der Waals surface area contributed by atoms with Crippen LogP contribution in [-0.2, 0) is 12.8 Å². The first kappa shape index (κ1) is 16.0. The highest BCUT2D eigenvalue weighted by molar-refractivity contribution is 7.15. The molecule has 1 aliphatic rings. The van der Waals surface area contributed by atoms with Crippen molar-refractivity contribution in [2.24, 2.45) is 5.92 Å². The van der Waals surface area contributed by atoms with Crippen LogP contribution in [0.2, 0.25) is 0 Å². The Kier molecular flexibility index (Phi) is 4.09. The average Bonchev–Trinajstić information content (AvgIpc) is 3.18. The molecule has 2 heterocycles. The zero-order valence-electron chi connectivity index (χ0n) is 14.2. The van der Waals surface area contributed by atoms with Crippen LogP contribution in [0.15, 0.2) is 30.3 Å². The molecule has 2 aromatic heterocycles. The molecule has 0 radical (unpaired) electrons. The molecule has 0 aliphatic heterocycles. The first-order valence-corrected chi connectivity index (χ1v) is 9.21. The minimum Gasteiger partial charge on any atom is -0.296 e. The van der Waals surface area contributed by atoms with E-state index in [0.717, 1.165) is 30.6 Å². The lowest BCUT2D eigenvalue weighted by Crippen LogP contribution is -2.14. The number of hydrogen-bond acceptors (Lipinski definition) is 5. The van der Waals surface area contributed by atoms with E-state index in [1.165, 1.54) is 9.67 Å². The smallest absolute Gasteiger partial charge is 0.279 e. The van der Waals surface area contributed by atoms with Gasteiger partial charge in [-0.25, -0.2) is 4.98 Å². The van der Waals surface area contributed by atoms with Crippen LogP contribution in [-0.4, -0.2) is 25.9 Å². The number of anilines is 1. The number of benzene rings is 1. The van der Waals surface area contributed by atoms with Crippen LogP contribution in [0.5, 0.6) is 0 Å². The molecule has 4 rings (SSSR count). The lowest BCUT2D eigenvalue weighted by molar-refractivity contribution is 0.102. The van der Waals surface area contributed by atoms with Gasteiger partial charge in [0, 0.05) is 4.88 Å². The maximum atomic E-state index is 12.6. The van der Waals surface area contributed by atoms with E-state index in [0.29, 0.717) is 22.4 Å². The normalized spacial score (nSPS) is 16.5. The summed E-state index contributed by atoms with van der Waals surface area (Å²) in [7, 11) is 0. The Labute approximate surface area is 149 Å². The highest BCUT2D eigenvalue weighted by Crippen LogP contribution is 2.32. The number of nitrogens with zero attached hydrogens (tertiary/aromatic N) is 4. The molecule has 0 spiro atoms. The van der Waals surface area contributed by atoms with Crippen molar-refractivity contribution < 1.29 is 4.79 Å². The highest BCUT2D eigenvalue weighted by Gasteiger charge is 2.22. The van der Waals surface area contributed by atoms with Crippen LogP contribution in [0, 0.1) is 12.8 Å². The van der Waals surface area contributed by atoms with Gasteiger partial charge in [-0.1, -0.05) is 25.1 Å². The third kappa shape index (κ3) is 3.19. The number of fused-ring (bicyclic) bond motifs is 1. The summed E-state index contributed by atoms with van der Waals surface area (Å²) in [6.07, 6.45) is 3.20. The number of nitrogens with one attached hydrogen (secondary N) is 1. The van der Waals surface area contributed by atoms with Crippen molar-refractivity contribution in [2.75, 3.05) is 5.32 Å². The fourth-order valence-corrected chi connectivity index (χ4v) is 4.18. The van der Waals surface area contributed by atoms with Crippen molar-refractivity contribution in [3.8, 4) is 5.69 Å². The van der Waals surface area contributed by atoms with E-state index >= 15 is 0 Å². The Hall–Kier alpha value is -2.54. The summed E-state index contributed by atoms with van der Waals surface area (Å²) in [4.78, 5) is 19.9. The molecule has 1 atom stereocenters. The first-order valence-electron chi connectivity index (χ1n) is 8.39. The van der Waals surface area contributed by atoms with Gasteiger partial charge in [-0.3, -0.25) is 10.1 Å². The quantitative estimate of drug-likeness (QED) is 0.783. The molecule has 7 heteroatoms. The summed E-state index contributed by atoms with van der Waals surface area (Å²) in [6.45, 7) is 4.04. The van der Waals surface area contributed by atoms with E-state index < -0.39 is 0 Å². The minimum atomic E-state index is -0.265. The van der Waals surface area contributed by atoms with Crippen molar-refractivity contribution in [1.82, 2.24) is 20.0 Å². The van der Waals surface area contributed by atoms with Gasteiger partial charge >= 0.3 is 0 Å². The minimum absolute atomic E-state index is 0.265. The summed E-state index contributed by atoms with van der Waals surface area (Å²) in [5, 5.41) is 12.2. The van der Waals surface area contributed by atoms with Crippen LogP contribution in [0.3, 0.4) is 0 Å². The summed E-state index contributed by atoms with van der Waals surface area (Å²) >= 11 is 1.57. The molecule has 0 fully saturated rings. The van der Waals surface area contributed by atoms with Crippen LogP contribution in [0.1, 0.15) is 40.1 Å². The molecule has 1 aliphatic carbocycles. The number of aromatic nitrogens is 4. The molecule has 0 bridgehead atoms. The zero-order valence-corrected chi connectivity index (χ0v) is 15.0. The average molecular weight is 353 g/mol. The summed E-state index contributed by atoms with van der Waals surface area (Å²) in [5.74, 6) is 0.420. The fourth-order valence-electron chi connectivity index (χ4n) is 3.02. The maximum Gasteiger partial charge on any atom is 0.279 e. The Morgan fingerprint density at radius 2 is 2.08 bits per heavy atom. The van der Waals surface area contributed by atoms with E-state index in [4.69, 9.17) is 0 Å². The Balaban J connectivity index is 1.55. The van der Waals surface area contributed by atoms with Crippen LogP contribution in [0.4, 0.5) is 5.13 Å². The molecule has 3 aromatic rings. The number of hydrogen-bond donors (Lipinski definition) is 1. The van der Waals surface area contributed by atoms with Gasteiger partial charge in [-0.15, -0.1) is 16.4 Å². The van der Waals surface area contributed by atoms with Gasteiger partial charge in [0.25, 0.3) is 5.91 Å². The van der Waals surface area contributed by atoms with Crippen LogP contribution >= 0.6 is 11.3 Å². The number of carbonyl (C=O) groups is 1. The fraction of sp³-hybridized carbons (Fsp3) is 0.333. The molecule has 1 N–H and O–H groups in total. The molecular weight excluding hydrogens is 334 g/mol. The van der Waals surface area contributed by atoms with Crippen LogP contribution in [0.25, 0.3) is 5.69 Å². The second kappa shape index (κ2) is 6.40. The Bertz CT molecular complexity index is 915. The molecule has 128 valence electrons. The van der Waals surface area contributed by atoms with Gasteiger partial charge in [0.2, 0.25) is 0 Å². The number of aryl methyl sites for hydroxylation is 2. The van der Waals surface area contributed by atoms with Gasteiger partial charge in [0.05, 0.1) is 17.1 Å². The largest absolute Gasteiger partial charge is 0.296 e. The molecule has 0 unspecified atom stereocenters. The first-order chi connectivity index (χ1) is 12.1. The number of para-hydroxylation sites is 1. The van der Waals surface area contributed by atoms with E-state index in [1.807, 2.05) is 30.3 Å². The molecular formula is C18H19N5OS. The second-order valence-electron chi connectivity index (χ2n) is 6.45. The predicted molar refractivity (Wildman–Crippen MR) is 97.4 cm³/mol. The van der Waals surface area contributed by atoms with Crippen LogP contribution < -0.4 is 5.32 Å². The van der Waals surface area contributed by atoms with Gasteiger partial charge < -0.3 is 0 Å². The van der Waals surface area contributed by atoms with Gasteiger partial charge in [0.1, 0.15) is 0 Å². The summed E-state index contributed by atoms with van der Waals surface area (Å²) in [6, 6.07) is 9.55. The topological polar surface area (TPSA) is 72.7 Å². The third-order valence-corrected chi connectivity index (χ3v) is 5.43. The highest BCUT2D eigenvalue weighted by atomic mass is 32.1. The standard InChI is InChI=1S/C18H19N5OS/c1-11-8-9-14-15(10-11)25-18(19-14)20-17(24)16-12(2)21-23(22-16)13-6-4-3-5-7-13/h3-7,11H,8-10H2,1-2H3,(H,19,20,24)/t11-/m0/s1.